The van der Waals surface area contributed by atoms with E-state index in [2.05, 4.69) is 15.8 Å². The number of thiazole rings is 1. The number of benzene rings is 1. The fourth-order valence-corrected chi connectivity index (χ4v) is 3.07. The molecule has 1 aliphatic rings. The van der Waals surface area contributed by atoms with Crippen molar-refractivity contribution in [2.75, 3.05) is 6.61 Å². The summed E-state index contributed by atoms with van der Waals surface area (Å²) in [6.07, 6.45) is 0.0830. The van der Waals surface area contributed by atoms with Crippen LogP contribution in [0.15, 0.2) is 29.8 Å². The number of ether oxygens (including phenoxy) is 1. The number of aryl methyl sites for hydroxylation is 1. The van der Waals surface area contributed by atoms with Crippen molar-refractivity contribution in [1.82, 2.24) is 15.8 Å². The van der Waals surface area contributed by atoms with Gasteiger partial charge in [0.05, 0.1) is 17.8 Å². The van der Waals surface area contributed by atoms with E-state index in [0.717, 1.165) is 17.5 Å². The molecule has 2 aromatic rings. The van der Waals surface area contributed by atoms with Gasteiger partial charge in [0.15, 0.2) is 6.10 Å². The predicted molar refractivity (Wildman–Crippen MR) is 81.3 cm³/mol. The van der Waals surface area contributed by atoms with Gasteiger partial charge in [-0.1, -0.05) is 24.3 Å². The van der Waals surface area contributed by atoms with Crippen LogP contribution in [-0.2, 0) is 16.0 Å². The van der Waals surface area contributed by atoms with E-state index < -0.39 is 6.10 Å². The van der Waals surface area contributed by atoms with Crippen LogP contribution in [0.25, 0.3) is 0 Å². The Morgan fingerprint density at radius 3 is 2.91 bits per heavy atom. The quantitative estimate of drug-likeness (QED) is 0.823. The molecule has 0 radical (unpaired) electrons. The molecule has 2 amide bonds. The molecule has 1 aliphatic heterocycles. The van der Waals surface area contributed by atoms with Crippen LogP contribution in [0.1, 0.15) is 32.6 Å². The highest BCUT2D eigenvalue weighted by Gasteiger charge is 2.27. The van der Waals surface area contributed by atoms with E-state index in [1.165, 1.54) is 11.3 Å². The van der Waals surface area contributed by atoms with Gasteiger partial charge in [-0.05, 0) is 24.5 Å². The number of rotatable bonds is 2. The van der Waals surface area contributed by atoms with Crippen molar-refractivity contribution in [2.45, 2.75) is 19.4 Å². The molecule has 2 N–H and O–H groups in total. The molecule has 1 unspecified atom stereocenters. The van der Waals surface area contributed by atoms with Gasteiger partial charge in [-0.3, -0.25) is 20.4 Å². The molecule has 7 heteroatoms. The van der Waals surface area contributed by atoms with E-state index in [4.69, 9.17) is 4.74 Å². The summed E-state index contributed by atoms with van der Waals surface area (Å²) >= 11 is 1.23. The summed E-state index contributed by atoms with van der Waals surface area (Å²) in [7, 11) is 0. The van der Waals surface area contributed by atoms with Gasteiger partial charge in [0, 0.05) is 0 Å². The summed E-state index contributed by atoms with van der Waals surface area (Å²) in [6, 6.07) is 7.66. The van der Waals surface area contributed by atoms with E-state index in [-0.39, 0.29) is 11.8 Å². The molecule has 0 fully saturated rings. The number of aromatic nitrogens is 1. The van der Waals surface area contributed by atoms with Gasteiger partial charge >= 0.3 is 0 Å². The Morgan fingerprint density at radius 1 is 1.32 bits per heavy atom. The fourth-order valence-electron chi connectivity index (χ4n) is 2.37. The number of carbonyl (C=O) groups is 2. The normalized spacial score (nSPS) is 16.7. The van der Waals surface area contributed by atoms with Crippen molar-refractivity contribution in [3.63, 3.8) is 0 Å². The second-order valence-corrected chi connectivity index (χ2v) is 5.76. The first kappa shape index (κ1) is 14.7. The van der Waals surface area contributed by atoms with Crippen LogP contribution >= 0.6 is 11.3 Å². The van der Waals surface area contributed by atoms with E-state index in [9.17, 15) is 9.59 Å². The Bertz CT molecular complexity index is 714. The fraction of sp³-hybridized carbons (Fsp3) is 0.267. The van der Waals surface area contributed by atoms with Crippen LogP contribution < -0.4 is 10.9 Å². The number of hydrogen-bond acceptors (Lipinski definition) is 5. The number of carbonyl (C=O) groups excluding carboxylic acids is 2. The predicted octanol–water partition coefficient (Wildman–Crippen LogP) is 1.53. The first-order valence-electron chi connectivity index (χ1n) is 6.86. The zero-order valence-electron chi connectivity index (χ0n) is 12.0. The van der Waals surface area contributed by atoms with E-state index in [1.807, 2.05) is 24.3 Å². The zero-order chi connectivity index (χ0) is 15.5. The standard InChI is InChI=1S/C15H15N3O3S/c1-9-13(22-8-16-9)15(20)18-17-14(19)12-11-5-3-2-4-10(11)6-7-21-12/h2-5,8,12H,6-7H2,1H3,(H,17,19)(H,18,20). The van der Waals surface area contributed by atoms with Crippen LogP contribution in [0.5, 0.6) is 0 Å². The van der Waals surface area contributed by atoms with Crippen molar-refractivity contribution in [2.24, 2.45) is 0 Å². The van der Waals surface area contributed by atoms with Crippen LogP contribution in [0.2, 0.25) is 0 Å². The second-order valence-electron chi connectivity index (χ2n) is 4.91. The van der Waals surface area contributed by atoms with Gasteiger partial charge in [0.1, 0.15) is 4.88 Å². The lowest BCUT2D eigenvalue weighted by Gasteiger charge is -2.25. The van der Waals surface area contributed by atoms with Crippen molar-refractivity contribution in [1.29, 1.82) is 0 Å². The molecule has 0 saturated heterocycles. The highest BCUT2D eigenvalue weighted by molar-refractivity contribution is 7.11. The largest absolute Gasteiger partial charge is 0.363 e. The number of nitrogens with one attached hydrogen (secondary N) is 2. The molecule has 0 aliphatic carbocycles. The molecule has 22 heavy (non-hydrogen) atoms. The molecule has 3 rings (SSSR count). The van der Waals surface area contributed by atoms with Crippen LogP contribution in [0.3, 0.4) is 0 Å². The average molecular weight is 317 g/mol. The van der Waals surface area contributed by atoms with Gasteiger partial charge in [-0.15, -0.1) is 11.3 Å². The SMILES string of the molecule is Cc1ncsc1C(=O)NNC(=O)C1OCCc2ccccc21. The van der Waals surface area contributed by atoms with E-state index in [1.54, 1.807) is 12.4 Å². The number of nitrogens with zero attached hydrogens (tertiary/aromatic N) is 1. The number of hydrogen-bond donors (Lipinski definition) is 2. The minimum atomic E-state index is -0.701. The lowest BCUT2D eigenvalue weighted by atomic mass is 9.97. The maximum Gasteiger partial charge on any atom is 0.281 e. The Balaban J connectivity index is 1.66. The smallest absolute Gasteiger partial charge is 0.281 e. The summed E-state index contributed by atoms with van der Waals surface area (Å²) in [4.78, 5) is 28.7. The minimum Gasteiger partial charge on any atom is -0.363 e. The van der Waals surface area contributed by atoms with Gasteiger partial charge in [-0.25, -0.2) is 4.98 Å². The van der Waals surface area contributed by atoms with Crippen LogP contribution in [0, 0.1) is 6.92 Å². The van der Waals surface area contributed by atoms with Crippen molar-refractivity contribution in [3.8, 4) is 0 Å². The molecular weight excluding hydrogens is 302 g/mol. The highest BCUT2D eigenvalue weighted by Crippen LogP contribution is 2.26. The molecule has 0 spiro atoms. The molecule has 1 aromatic heterocycles. The first-order valence-corrected chi connectivity index (χ1v) is 7.74. The first-order chi connectivity index (χ1) is 10.7. The Morgan fingerprint density at radius 2 is 2.14 bits per heavy atom. The third-order valence-electron chi connectivity index (χ3n) is 3.48. The Hall–Kier alpha value is -2.25. The Kier molecular flexibility index (Phi) is 4.17. The monoisotopic (exact) mass is 317 g/mol. The number of fused-ring (bicyclic) bond motifs is 1. The number of amides is 2. The van der Waals surface area contributed by atoms with Gasteiger partial charge in [0.25, 0.3) is 11.8 Å². The molecule has 1 aromatic carbocycles. The zero-order valence-corrected chi connectivity index (χ0v) is 12.8. The highest BCUT2D eigenvalue weighted by atomic mass is 32.1. The maximum absolute atomic E-state index is 12.3. The summed E-state index contributed by atoms with van der Waals surface area (Å²) < 4.78 is 5.54. The minimum absolute atomic E-state index is 0.377. The lowest BCUT2D eigenvalue weighted by molar-refractivity contribution is -0.134. The molecule has 0 bridgehead atoms. The molecule has 1 atom stereocenters. The van der Waals surface area contributed by atoms with E-state index >= 15 is 0 Å². The maximum atomic E-state index is 12.3. The third-order valence-corrected chi connectivity index (χ3v) is 4.41. The number of hydrazine groups is 1. The average Bonchev–Trinajstić information content (AvgIpc) is 2.98. The van der Waals surface area contributed by atoms with Crippen LogP contribution in [0.4, 0.5) is 0 Å². The lowest BCUT2D eigenvalue weighted by Crippen LogP contribution is -2.45. The third kappa shape index (κ3) is 2.86. The topological polar surface area (TPSA) is 80.3 Å². The van der Waals surface area contributed by atoms with Gasteiger partial charge in [-0.2, -0.15) is 0 Å². The van der Waals surface area contributed by atoms with Crippen molar-refractivity contribution in [3.05, 3.63) is 51.5 Å². The second kappa shape index (κ2) is 6.25. The molecule has 6 nitrogen and oxygen atoms in total. The van der Waals surface area contributed by atoms with E-state index in [0.29, 0.717) is 17.2 Å². The van der Waals surface area contributed by atoms with Crippen molar-refractivity contribution >= 4 is 23.2 Å². The summed E-state index contributed by atoms with van der Waals surface area (Å²) in [5, 5.41) is 0. The van der Waals surface area contributed by atoms with Gasteiger partial charge in [0.2, 0.25) is 0 Å². The Labute approximate surface area is 131 Å². The van der Waals surface area contributed by atoms with Crippen molar-refractivity contribution < 1.29 is 14.3 Å². The van der Waals surface area contributed by atoms with Crippen LogP contribution in [-0.4, -0.2) is 23.4 Å². The summed E-state index contributed by atoms with van der Waals surface area (Å²) in [5.74, 6) is -0.764. The molecule has 114 valence electrons. The molecular formula is C15H15N3O3S. The summed E-state index contributed by atoms with van der Waals surface area (Å²) in [6.45, 7) is 2.23. The molecule has 0 saturated carbocycles. The van der Waals surface area contributed by atoms with Gasteiger partial charge < -0.3 is 4.74 Å². The molecule has 2 heterocycles. The summed E-state index contributed by atoms with van der Waals surface area (Å²) in [5.41, 5.74) is 8.99.